The summed E-state index contributed by atoms with van der Waals surface area (Å²) in [6, 6.07) is 7.30. The Labute approximate surface area is 111 Å². The van der Waals surface area contributed by atoms with Gasteiger partial charge in [-0.2, -0.15) is 0 Å². The highest BCUT2D eigenvalue weighted by molar-refractivity contribution is 5.92. The van der Waals surface area contributed by atoms with Crippen molar-refractivity contribution in [3.05, 3.63) is 35.9 Å². The van der Waals surface area contributed by atoms with E-state index in [2.05, 4.69) is 5.32 Å². The van der Waals surface area contributed by atoms with Crippen LogP contribution in [0.15, 0.2) is 30.3 Å². The number of nitrogens with one attached hydrogen (secondary N) is 1. The molecule has 0 fully saturated rings. The van der Waals surface area contributed by atoms with E-state index in [0.29, 0.717) is 5.75 Å². The molecular formula is C14H17NO4. The molecule has 5 heteroatoms. The monoisotopic (exact) mass is 263 g/mol. The molecule has 0 aliphatic heterocycles. The van der Waals surface area contributed by atoms with E-state index in [4.69, 9.17) is 9.84 Å². The molecule has 0 aliphatic rings. The molecule has 0 bridgehead atoms. The second kappa shape index (κ2) is 7.20. The lowest BCUT2D eigenvalue weighted by molar-refractivity contribution is -0.141. The Morgan fingerprint density at radius 3 is 2.74 bits per heavy atom. The van der Waals surface area contributed by atoms with Crippen LogP contribution in [0.1, 0.15) is 12.5 Å². The SMILES string of the molecule is COc1ccccc1/C=C/C(=O)NCC(C)C(=O)O. The normalized spacial score (nSPS) is 12.1. The minimum Gasteiger partial charge on any atom is -0.496 e. The number of amides is 1. The van der Waals surface area contributed by atoms with Crippen molar-refractivity contribution in [2.45, 2.75) is 6.92 Å². The van der Waals surface area contributed by atoms with E-state index in [9.17, 15) is 9.59 Å². The highest BCUT2D eigenvalue weighted by atomic mass is 16.5. The first-order valence-electron chi connectivity index (χ1n) is 5.86. The Balaban J connectivity index is 2.56. The molecule has 1 aromatic carbocycles. The van der Waals surface area contributed by atoms with Gasteiger partial charge in [-0.05, 0) is 12.1 Å². The topological polar surface area (TPSA) is 75.6 Å². The smallest absolute Gasteiger partial charge is 0.308 e. The van der Waals surface area contributed by atoms with Gasteiger partial charge in [0.15, 0.2) is 0 Å². The second-order valence-electron chi connectivity index (χ2n) is 4.06. The third-order valence-electron chi connectivity index (χ3n) is 2.56. The predicted octanol–water partition coefficient (Wildman–Crippen LogP) is 1.55. The molecule has 0 saturated carbocycles. The molecule has 1 atom stereocenters. The van der Waals surface area contributed by atoms with E-state index in [1.165, 1.54) is 13.0 Å². The summed E-state index contributed by atoms with van der Waals surface area (Å²) in [5.41, 5.74) is 0.784. The van der Waals surface area contributed by atoms with Gasteiger partial charge in [0.1, 0.15) is 5.75 Å². The van der Waals surface area contributed by atoms with Crippen molar-refractivity contribution in [2.75, 3.05) is 13.7 Å². The molecular weight excluding hydrogens is 246 g/mol. The number of benzene rings is 1. The van der Waals surface area contributed by atoms with Gasteiger partial charge in [-0.1, -0.05) is 25.1 Å². The van der Waals surface area contributed by atoms with Gasteiger partial charge >= 0.3 is 5.97 Å². The zero-order valence-corrected chi connectivity index (χ0v) is 10.9. The van der Waals surface area contributed by atoms with Crippen LogP contribution in [0.25, 0.3) is 6.08 Å². The Morgan fingerprint density at radius 2 is 2.11 bits per heavy atom. The van der Waals surface area contributed by atoms with Crippen LogP contribution in [-0.4, -0.2) is 30.6 Å². The van der Waals surface area contributed by atoms with Crippen molar-refractivity contribution in [3.63, 3.8) is 0 Å². The predicted molar refractivity (Wildman–Crippen MR) is 71.8 cm³/mol. The lowest BCUT2D eigenvalue weighted by Crippen LogP contribution is -2.30. The van der Waals surface area contributed by atoms with Crippen LogP contribution < -0.4 is 10.1 Å². The van der Waals surface area contributed by atoms with Gasteiger partial charge in [0.25, 0.3) is 0 Å². The fraction of sp³-hybridized carbons (Fsp3) is 0.286. The molecule has 1 unspecified atom stereocenters. The number of carboxylic acids is 1. The number of hydrogen-bond donors (Lipinski definition) is 2. The number of carbonyl (C=O) groups excluding carboxylic acids is 1. The number of rotatable bonds is 6. The number of methoxy groups -OCH3 is 1. The summed E-state index contributed by atoms with van der Waals surface area (Å²) >= 11 is 0. The standard InChI is InChI=1S/C14H17NO4/c1-10(14(17)18)9-15-13(16)8-7-11-5-3-4-6-12(11)19-2/h3-8,10H,9H2,1-2H3,(H,15,16)(H,17,18)/b8-7+. The number of ether oxygens (including phenoxy) is 1. The summed E-state index contributed by atoms with van der Waals surface area (Å²) in [6.07, 6.45) is 2.98. The Bertz CT molecular complexity index is 482. The Kier molecular flexibility index (Phi) is 5.60. The molecule has 102 valence electrons. The minimum absolute atomic E-state index is 0.102. The van der Waals surface area contributed by atoms with Crippen LogP contribution in [0.5, 0.6) is 5.75 Å². The van der Waals surface area contributed by atoms with Gasteiger partial charge < -0.3 is 15.2 Å². The maximum atomic E-state index is 11.5. The molecule has 0 spiro atoms. The average Bonchev–Trinajstić information content (AvgIpc) is 2.42. The second-order valence-corrected chi connectivity index (χ2v) is 4.06. The van der Waals surface area contributed by atoms with Crippen molar-refractivity contribution < 1.29 is 19.4 Å². The summed E-state index contributed by atoms with van der Waals surface area (Å²) < 4.78 is 5.15. The van der Waals surface area contributed by atoms with Crippen LogP contribution in [0.4, 0.5) is 0 Å². The molecule has 0 heterocycles. The van der Waals surface area contributed by atoms with Gasteiger partial charge in [-0.25, -0.2) is 0 Å². The van der Waals surface area contributed by atoms with Gasteiger partial charge in [-0.15, -0.1) is 0 Å². The summed E-state index contributed by atoms with van der Waals surface area (Å²) in [7, 11) is 1.56. The van der Waals surface area contributed by atoms with Crippen LogP contribution in [0, 0.1) is 5.92 Å². The highest BCUT2D eigenvalue weighted by Gasteiger charge is 2.10. The summed E-state index contributed by atoms with van der Waals surface area (Å²) in [4.78, 5) is 22.1. The molecule has 1 amide bonds. The Hall–Kier alpha value is -2.30. The Morgan fingerprint density at radius 1 is 1.42 bits per heavy atom. The van der Waals surface area contributed by atoms with E-state index in [1.807, 2.05) is 18.2 Å². The number of aliphatic carboxylic acids is 1. The number of para-hydroxylation sites is 1. The minimum atomic E-state index is -0.936. The van der Waals surface area contributed by atoms with Crippen molar-refractivity contribution in [2.24, 2.45) is 5.92 Å². The zero-order valence-electron chi connectivity index (χ0n) is 10.9. The van der Waals surface area contributed by atoms with Gasteiger partial charge in [-0.3, -0.25) is 9.59 Å². The first-order chi connectivity index (χ1) is 9.04. The lowest BCUT2D eigenvalue weighted by atomic mass is 10.1. The third-order valence-corrected chi connectivity index (χ3v) is 2.56. The fourth-order valence-electron chi connectivity index (χ4n) is 1.37. The van der Waals surface area contributed by atoms with Gasteiger partial charge in [0.2, 0.25) is 5.91 Å². The van der Waals surface area contributed by atoms with Crippen LogP contribution in [0.2, 0.25) is 0 Å². The summed E-state index contributed by atoms with van der Waals surface area (Å²) in [5.74, 6) is -1.21. The molecule has 0 radical (unpaired) electrons. The molecule has 1 rings (SSSR count). The van der Waals surface area contributed by atoms with Crippen LogP contribution >= 0.6 is 0 Å². The lowest BCUT2D eigenvalue weighted by Gasteiger charge is -2.06. The quantitative estimate of drug-likeness (QED) is 0.763. The third kappa shape index (κ3) is 4.83. The van der Waals surface area contributed by atoms with E-state index in [-0.39, 0.29) is 12.5 Å². The molecule has 2 N–H and O–H groups in total. The van der Waals surface area contributed by atoms with E-state index in [0.717, 1.165) is 5.56 Å². The molecule has 1 aromatic rings. The first-order valence-corrected chi connectivity index (χ1v) is 5.86. The maximum absolute atomic E-state index is 11.5. The first kappa shape index (κ1) is 14.8. The number of carbonyl (C=O) groups is 2. The largest absolute Gasteiger partial charge is 0.496 e. The van der Waals surface area contributed by atoms with Crippen LogP contribution in [0.3, 0.4) is 0 Å². The molecule has 19 heavy (non-hydrogen) atoms. The van der Waals surface area contributed by atoms with E-state index in [1.54, 1.807) is 19.3 Å². The zero-order chi connectivity index (χ0) is 14.3. The fourth-order valence-corrected chi connectivity index (χ4v) is 1.37. The summed E-state index contributed by atoms with van der Waals surface area (Å²) in [6.45, 7) is 1.64. The molecule has 0 aromatic heterocycles. The van der Waals surface area contributed by atoms with Crippen molar-refractivity contribution in [1.29, 1.82) is 0 Å². The average molecular weight is 263 g/mol. The van der Waals surface area contributed by atoms with Crippen LogP contribution in [-0.2, 0) is 9.59 Å². The van der Waals surface area contributed by atoms with Gasteiger partial charge in [0.05, 0.1) is 13.0 Å². The van der Waals surface area contributed by atoms with Crippen molar-refractivity contribution in [1.82, 2.24) is 5.32 Å². The highest BCUT2D eigenvalue weighted by Crippen LogP contribution is 2.18. The maximum Gasteiger partial charge on any atom is 0.308 e. The van der Waals surface area contributed by atoms with E-state index >= 15 is 0 Å². The van der Waals surface area contributed by atoms with E-state index < -0.39 is 11.9 Å². The van der Waals surface area contributed by atoms with Crippen molar-refractivity contribution >= 4 is 18.0 Å². The van der Waals surface area contributed by atoms with Crippen molar-refractivity contribution in [3.8, 4) is 5.75 Å². The number of hydrogen-bond acceptors (Lipinski definition) is 3. The summed E-state index contributed by atoms with van der Waals surface area (Å²) in [5, 5.41) is 11.2. The number of carboxylic acid groups (broad SMARTS) is 1. The van der Waals surface area contributed by atoms with Gasteiger partial charge in [0, 0.05) is 18.2 Å². The molecule has 0 aliphatic carbocycles. The molecule has 0 saturated heterocycles. The molecule has 5 nitrogen and oxygen atoms in total.